The lowest BCUT2D eigenvalue weighted by Gasteiger charge is -2.50. The number of allylic oxidation sites excluding steroid dienone is 2. The summed E-state index contributed by atoms with van der Waals surface area (Å²) in [6.07, 6.45) is 2.31. The van der Waals surface area contributed by atoms with Gasteiger partial charge in [0.05, 0.1) is 59.9 Å². The Hall–Kier alpha value is -5.36. The molecule has 0 unspecified atom stereocenters. The van der Waals surface area contributed by atoms with Crippen LogP contribution in [0.3, 0.4) is 0 Å². The van der Waals surface area contributed by atoms with E-state index < -0.39 is 46.8 Å². The summed E-state index contributed by atoms with van der Waals surface area (Å²) in [4.78, 5) is 62.8. The zero-order valence-electron chi connectivity index (χ0n) is 30.4. The highest BCUT2D eigenvalue weighted by atomic mass is 35.5. The predicted octanol–water partition coefficient (Wildman–Crippen LogP) is 6.73. The molecule has 9 rings (SSSR count). The summed E-state index contributed by atoms with van der Waals surface area (Å²) in [5.41, 5.74) is 4.88. The van der Waals surface area contributed by atoms with Gasteiger partial charge in [0.15, 0.2) is 0 Å². The highest BCUT2D eigenvalue weighted by Crippen LogP contribution is 2.65. The van der Waals surface area contributed by atoms with Gasteiger partial charge in [0.25, 0.3) is 11.8 Å². The van der Waals surface area contributed by atoms with E-state index in [4.69, 9.17) is 32.7 Å². The Kier molecular flexibility index (Phi) is 9.06. The molecule has 13 heteroatoms. The van der Waals surface area contributed by atoms with Gasteiger partial charge in [0.2, 0.25) is 11.8 Å². The van der Waals surface area contributed by atoms with Gasteiger partial charge in [0.1, 0.15) is 11.5 Å². The third-order valence-electron chi connectivity index (χ3n) is 12.3. The number of imide groups is 2. The fourth-order valence-electron chi connectivity index (χ4n) is 9.81. The molecule has 0 bridgehead atoms. The lowest BCUT2D eigenvalue weighted by atomic mass is 9.49. The minimum atomic E-state index is -1.58. The van der Waals surface area contributed by atoms with Gasteiger partial charge in [-0.05, 0) is 85.0 Å². The van der Waals surface area contributed by atoms with Crippen LogP contribution in [0.15, 0.2) is 103 Å². The van der Waals surface area contributed by atoms with Crippen LogP contribution < -0.4 is 20.0 Å². The van der Waals surface area contributed by atoms with E-state index in [0.717, 1.165) is 29.4 Å². The predicted molar refractivity (Wildman–Crippen MR) is 211 cm³/mol. The van der Waals surface area contributed by atoms with Crippen molar-refractivity contribution in [1.82, 2.24) is 5.01 Å². The Balaban J connectivity index is 1.17. The Bertz CT molecular complexity index is 2290. The molecule has 3 saturated heterocycles. The van der Waals surface area contributed by atoms with Gasteiger partial charge in [-0.25, -0.2) is 0 Å². The van der Waals surface area contributed by atoms with Gasteiger partial charge in [0, 0.05) is 35.3 Å². The van der Waals surface area contributed by atoms with Crippen molar-refractivity contribution in [2.24, 2.45) is 23.7 Å². The number of carbonyl (C=O) groups is 4. The number of carbonyl (C=O) groups excluding carboxylic acids is 4. The first kappa shape index (κ1) is 36.3. The lowest BCUT2D eigenvalue weighted by Crippen LogP contribution is -2.53. The molecule has 0 spiro atoms. The monoisotopic (exact) mass is 792 g/mol. The molecule has 4 amide bonds. The van der Waals surface area contributed by atoms with Crippen LogP contribution in [0.2, 0.25) is 10.0 Å². The van der Waals surface area contributed by atoms with Gasteiger partial charge < -0.3 is 19.5 Å². The zero-order valence-corrected chi connectivity index (χ0v) is 31.9. The molecule has 0 aromatic heterocycles. The number of phenols is 1. The standard InChI is InChI=1S/C43H38Cl2N4O7/c1-55-28-13-6-24(7-14-28)43-33(40(52)49(42(43)54)46-35-17-8-25(44)22-34(35)45)23-32-29(38(43)30-4-2-3-5-36(30)50)15-16-31-37(32)41(53)48(39(31)51)27-11-9-26(10-12-27)47-18-20-56-21-19-47/h2-15,17,22,31-33,37-38,46,50H,16,18-21,23H2,1H3/t31-,32+,33-,37-,38+,43+/m0/s1. The van der Waals surface area contributed by atoms with Crippen LogP contribution in [0.4, 0.5) is 17.1 Å². The van der Waals surface area contributed by atoms with Crippen molar-refractivity contribution in [2.45, 2.75) is 24.2 Å². The first-order chi connectivity index (χ1) is 27.1. The summed E-state index contributed by atoms with van der Waals surface area (Å²) in [6, 6.07) is 26.0. The van der Waals surface area contributed by atoms with Crippen LogP contribution in [0, 0.1) is 23.7 Å². The summed E-state index contributed by atoms with van der Waals surface area (Å²) in [5, 5.41) is 13.2. The number of aromatic hydroxyl groups is 1. The fraction of sp³-hybridized carbons (Fsp3) is 0.302. The van der Waals surface area contributed by atoms with Gasteiger partial charge in [-0.15, -0.1) is 0 Å². The maximum Gasteiger partial charge on any atom is 0.260 e. The molecular formula is C43H38Cl2N4O7. The molecule has 2 aliphatic carbocycles. The second-order valence-electron chi connectivity index (χ2n) is 14.9. The number of hydrogen-bond donors (Lipinski definition) is 2. The van der Waals surface area contributed by atoms with Crippen molar-refractivity contribution in [3.8, 4) is 11.5 Å². The van der Waals surface area contributed by atoms with Crippen LogP contribution in [0.25, 0.3) is 0 Å². The first-order valence-corrected chi connectivity index (χ1v) is 19.4. The van der Waals surface area contributed by atoms with Gasteiger partial charge in [-0.3, -0.25) is 29.5 Å². The Labute approximate surface area is 333 Å². The van der Waals surface area contributed by atoms with Crippen molar-refractivity contribution in [2.75, 3.05) is 48.6 Å². The number of hydrazine groups is 1. The maximum absolute atomic E-state index is 15.4. The average Bonchev–Trinajstić information content (AvgIpc) is 3.60. The molecule has 5 aliphatic rings. The molecule has 3 aliphatic heterocycles. The van der Waals surface area contributed by atoms with E-state index in [1.165, 1.54) is 11.0 Å². The smallest absolute Gasteiger partial charge is 0.260 e. The van der Waals surface area contributed by atoms with Crippen molar-refractivity contribution in [3.05, 3.63) is 124 Å². The fourth-order valence-corrected chi connectivity index (χ4v) is 10.3. The van der Waals surface area contributed by atoms with E-state index in [1.807, 2.05) is 18.2 Å². The number of ether oxygens (including phenoxy) is 2. The Morgan fingerprint density at radius 2 is 1.55 bits per heavy atom. The summed E-state index contributed by atoms with van der Waals surface area (Å²) >= 11 is 12.7. The van der Waals surface area contributed by atoms with Crippen LogP contribution in [0.5, 0.6) is 11.5 Å². The first-order valence-electron chi connectivity index (χ1n) is 18.7. The van der Waals surface area contributed by atoms with Crippen molar-refractivity contribution in [1.29, 1.82) is 0 Å². The summed E-state index contributed by atoms with van der Waals surface area (Å²) in [7, 11) is 1.54. The number of methoxy groups -OCH3 is 1. The Morgan fingerprint density at radius 3 is 2.25 bits per heavy atom. The van der Waals surface area contributed by atoms with Crippen molar-refractivity contribution < 1.29 is 33.8 Å². The quantitative estimate of drug-likeness (QED) is 0.155. The SMILES string of the molecule is COc1ccc([C@@]23C(=O)N(Nc4ccc(Cl)cc4Cl)C(=O)[C@@H]2C[C@@H]2C(=CC[C@@H]4C(=O)N(c5ccc(N6CCOCC6)cc5)C(=O)[C@@H]42)[C@@H]3c2ccccc2O)cc1. The molecule has 56 heavy (non-hydrogen) atoms. The summed E-state index contributed by atoms with van der Waals surface area (Å²) in [5.74, 6) is -5.18. The van der Waals surface area contributed by atoms with Crippen molar-refractivity contribution >= 4 is 63.9 Å². The van der Waals surface area contributed by atoms with E-state index in [9.17, 15) is 19.5 Å². The summed E-state index contributed by atoms with van der Waals surface area (Å²) < 4.78 is 11.0. The van der Waals surface area contributed by atoms with Crippen LogP contribution in [-0.2, 0) is 29.3 Å². The minimum absolute atomic E-state index is 0.0592. The largest absolute Gasteiger partial charge is 0.508 e. The molecule has 4 aromatic rings. The molecule has 286 valence electrons. The minimum Gasteiger partial charge on any atom is -0.508 e. The maximum atomic E-state index is 15.4. The number of nitrogens with zero attached hydrogens (tertiary/aromatic N) is 3. The van der Waals surface area contributed by atoms with Crippen LogP contribution >= 0.6 is 23.2 Å². The van der Waals surface area contributed by atoms with Crippen molar-refractivity contribution in [3.63, 3.8) is 0 Å². The molecule has 2 N–H and O–H groups in total. The second kappa shape index (κ2) is 14.0. The van der Waals surface area contributed by atoms with E-state index >= 15 is 4.79 Å². The molecule has 3 heterocycles. The highest BCUT2D eigenvalue weighted by Gasteiger charge is 2.70. The van der Waals surface area contributed by atoms with E-state index in [2.05, 4.69) is 10.3 Å². The molecule has 4 aromatic carbocycles. The molecule has 0 radical (unpaired) electrons. The third kappa shape index (κ3) is 5.50. The van der Waals surface area contributed by atoms with E-state index in [-0.39, 0.29) is 35.4 Å². The van der Waals surface area contributed by atoms with Crippen LogP contribution in [0.1, 0.15) is 29.9 Å². The van der Waals surface area contributed by atoms with Crippen LogP contribution in [-0.4, -0.2) is 67.2 Å². The number of phenolic OH excluding ortho intramolecular Hbond substituents is 1. The molecule has 1 saturated carbocycles. The van der Waals surface area contributed by atoms with Gasteiger partial charge >= 0.3 is 0 Å². The number of fused-ring (bicyclic) bond motifs is 4. The number of anilines is 3. The van der Waals surface area contributed by atoms with E-state index in [1.54, 1.807) is 79.9 Å². The zero-order chi connectivity index (χ0) is 38.9. The highest BCUT2D eigenvalue weighted by molar-refractivity contribution is 6.36. The molecule has 4 fully saturated rings. The number of para-hydroxylation sites is 1. The molecule has 6 atom stereocenters. The number of morpholine rings is 1. The number of halogens is 2. The topological polar surface area (TPSA) is 129 Å². The number of hydrogen-bond acceptors (Lipinski definition) is 9. The lowest BCUT2D eigenvalue weighted by molar-refractivity contribution is -0.138. The number of benzene rings is 4. The second-order valence-corrected chi connectivity index (χ2v) is 15.7. The van der Waals surface area contributed by atoms with Gasteiger partial charge in [-0.2, -0.15) is 5.01 Å². The Morgan fingerprint density at radius 1 is 0.839 bits per heavy atom. The normalized spacial score (nSPS) is 27.2. The molecular weight excluding hydrogens is 755 g/mol. The van der Waals surface area contributed by atoms with E-state index in [0.29, 0.717) is 46.5 Å². The number of nitrogens with one attached hydrogen (secondary N) is 1. The third-order valence-corrected chi connectivity index (χ3v) is 12.9. The number of rotatable bonds is 7. The summed E-state index contributed by atoms with van der Waals surface area (Å²) in [6.45, 7) is 2.76. The number of amides is 4. The average molecular weight is 794 g/mol. The van der Waals surface area contributed by atoms with Gasteiger partial charge in [-0.1, -0.05) is 65.2 Å². The molecule has 11 nitrogen and oxygen atoms in total.